The molecule has 78 valence electrons. The number of rotatable bonds is 0. The van der Waals surface area contributed by atoms with E-state index in [2.05, 4.69) is 0 Å². The van der Waals surface area contributed by atoms with Crippen LogP contribution in [0.2, 0.25) is 0 Å². The Morgan fingerprint density at radius 3 is 1.47 bits per heavy atom. The fourth-order valence-corrected chi connectivity index (χ4v) is 3.09. The molecule has 3 rings (SSSR count). The van der Waals surface area contributed by atoms with Crippen LogP contribution >= 0.6 is 0 Å². The summed E-state index contributed by atoms with van der Waals surface area (Å²) in [5.41, 5.74) is -1.18. The lowest BCUT2D eigenvalue weighted by Crippen LogP contribution is -2.46. The molecule has 0 unspecified atom stereocenters. The van der Waals surface area contributed by atoms with Crippen molar-refractivity contribution in [1.29, 1.82) is 0 Å². The summed E-state index contributed by atoms with van der Waals surface area (Å²) in [4.78, 5) is 23.7. The summed E-state index contributed by atoms with van der Waals surface area (Å²) in [5, 5.41) is 0. The summed E-state index contributed by atoms with van der Waals surface area (Å²) in [6.45, 7) is 0. The van der Waals surface area contributed by atoms with Crippen molar-refractivity contribution in [3.05, 3.63) is 24.3 Å². The predicted octanol–water partition coefficient (Wildman–Crippen LogP) is 1.74. The van der Waals surface area contributed by atoms with E-state index in [9.17, 15) is 9.59 Å². The average Bonchev–Trinajstić information content (AvgIpc) is 2.50. The smallest absolute Gasteiger partial charge is 0.321 e. The van der Waals surface area contributed by atoms with Gasteiger partial charge in [0.15, 0.2) is 0 Å². The molecule has 0 bridgehead atoms. The van der Waals surface area contributed by atoms with Crippen LogP contribution in [-0.4, -0.2) is 11.9 Å². The first-order valence-corrected chi connectivity index (χ1v) is 5.28. The molecule has 15 heavy (non-hydrogen) atoms. The van der Waals surface area contributed by atoms with E-state index in [1.807, 2.05) is 24.3 Å². The minimum absolute atomic E-state index is 0.318. The van der Waals surface area contributed by atoms with E-state index >= 15 is 0 Å². The lowest BCUT2D eigenvalue weighted by Gasteiger charge is -2.42. The topological polar surface area (TPSA) is 43.4 Å². The highest BCUT2D eigenvalue weighted by Crippen LogP contribution is 2.60. The van der Waals surface area contributed by atoms with Gasteiger partial charge in [-0.1, -0.05) is 24.3 Å². The van der Waals surface area contributed by atoms with Crippen molar-refractivity contribution in [2.75, 3.05) is 0 Å². The van der Waals surface area contributed by atoms with Crippen LogP contribution in [0.25, 0.3) is 0 Å². The Bertz CT molecular complexity index is 349. The minimum Gasteiger partial charge on any atom is -0.392 e. The number of cyclic esters (lactones) is 2. The zero-order chi connectivity index (χ0) is 10.5. The fraction of sp³-hybridized carbons (Fsp3) is 0.500. The van der Waals surface area contributed by atoms with Crippen molar-refractivity contribution in [2.24, 2.45) is 10.8 Å². The van der Waals surface area contributed by atoms with E-state index in [4.69, 9.17) is 4.74 Å². The predicted molar refractivity (Wildman–Crippen MR) is 52.7 cm³/mol. The Morgan fingerprint density at radius 2 is 1.13 bits per heavy atom. The van der Waals surface area contributed by atoms with Crippen molar-refractivity contribution in [2.45, 2.75) is 25.7 Å². The number of ether oxygens (including phenoxy) is 1. The van der Waals surface area contributed by atoms with Gasteiger partial charge in [0.05, 0.1) is 10.8 Å². The van der Waals surface area contributed by atoms with Gasteiger partial charge in [0.25, 0.3) is 0 Å². The minimum atomic E-state index is -0.590. The first-order valence-electron chi connectivity index (χ1n) is 5.28. The molecule has 0 aromatic heterocycles. The third kappa shape index (κ3) is 0.822. The Balaban J connectivity index is 2.22. The van der Waals surface area contributed by atoms with E-state index in [0.717, 1.165) is 0 Å². The summed E-state index contributed by atoms with van der Waals surface area (Å²) in [6.07, 6.45) is 10.6. The standard InChI is InChI=1S/C12H12O3/c13-9-11-5-1-2-6-12(11,10(14)15-9)8-4-3-7-11/h1-4H,5-8H2. The van der Waals surface area contributed by atoms with Gasteiger partial charge < -0.3 is 4.74 Å². The lowest BCUT2D eigenvalue weighted by atomic mass is 9.54. The molecule has 3 heteroatoms. The number of carbonyl (C=O) groups is 2. The molecule has 3 nitrogen and oxygen atoms in total. The first-order chi connectivity index (χ1) is 7.21. The SMILES string of the molecule is O=C1OC(=O)C23CC=CCC12CC=CC3. The Labute approximate surface area is 87.8 Å². The second kappa shape index (κ2) is 2.60. The van der Waals surface area contributed by atoms with Crippen molar-refractivity contribution >= 4 is 11.9 Å². The van der Waals surface area contributed by atoms with E-state index in [1.165, 1.54) is 0 Å². The number of carbonyl (C=O) groups excluding carboxylic acids is 2. The third-order valence-electron chi connectivity index (χ3n) is 4.08. The highest BCUT2D eigenvalue weighted by Gasteiger charge is 2.67. The first kappa shape index (κ1) is 8.89. The largest absolute Gasteiger partial charge is 0.392 e. The summed E-state index contributed by atoms with van der Waals surface area (Å²) in [7, 11) is 0. The van der Waals surface area contributed by atoms with Crippen LogP contribution in [-0.2, 0) is 14.3 Å². The molecule has 3 aliphatic rings. The van der Waals surface area contributed by atoms with Gasteiger partial charge in [-0.05, 0) is 25.7 Å². The maximum atomic E-state index is 11.9. The van der Waals surface area contributed by atoms with Crippen LogP contribution in [0.3, 0.4) is 0 Å². The van der Waals surface area contributed by atoms with Crippen LogP contribution in [0.4, 0.5) is 0 Å². The van der Waals surface area contributed by atoms with Gasteiger partial charge in [0.2, 0.25) is 0 Å². The zero-order valence-corrected chi connectivity index (χ0v) is 8.36. The van der Waals surface area contributed by atoms with Crippen LogP contribution in [0.5, 0.6) is 0 Å². The molecule has 0 aromatic carbocycles. The average molecular weight is 204 g/mol. The van der Waals surface area contributed by atoms with Crippen molar-refractivity contribution < 1.29 is 14.3 Å². The second-order valence-corrected chi connectivity index (χ2v) is 4.60. The highest BCUT2D eigenvalue weighted by atomic mass is 16.6. The van der Waals surface area contributed by atoms with E-state index < -0.39 is 10.8 Å². The van der Waals surface area contributed by atoms with Crippen LogP contribution in [0, 0.1) is 10.8 Å². The molecule has 2 aliphatic carbocycles. The fourth-order valence-electron chi connectivity index (χ4n) is 3.09. The molecule has 0 saturated carbocycles. The van der Waals surface area contributed by atoms with Gasteiger partial charge in [-0.15, -0.1) is 0 Å². The van der Waals surface area contributed by atoms with Crippen LogP contribution in [0.15, 0.2) is 24.3 Å². The zero-order valence-electron chi connectivity index (χ0n) is 8.36. The molecule has 0 amide bonds. The maximum absolute atomic E-state index is 11.9. The molecule has 0 spiro atoms. The van der Waals surface area contributed by atoms with Crippen LogP contribution < -0.4 is 0 Å². The Hall–Kier alpha value is -1.38. The van der Waals surface area contributed by atoms with E-state index in [1.54, 1.807) is 0 Å². The van der Waals surface area contributed by atoms with Gasteiger partial charge >= 0.3 is 11.9 Å². The molecule has 1 heterocycles. The van der Waals surface area contributed by atoms with Crippen molar-refractivity contribution in [1.82, 2.24) is 0 Å². The van der Waals surface area contributed by atoms with Crippen molar-refractivity contribution in [3.8, 4) is 0 Å². The molecule has 0 atom stereocenters. The van der Waals surface area contributed by atoms with Crippen LogP contribution in [0.1, 0.15) is 25.7 Å². The number of hydrogen-bond donors (Lipinski definition) is 0. The monoisotopic (exact) mass is 204 g/mol. The summed E-state index contributed by atoms with van der Waals surface area (Å²) < 4.78 is 4.88. The molecule has 1 fully saturated rings. The summed E-state index contributed by atoms with van der Waals surface area (Å²) >= 11 is 0. The number of hydrogen-bond acceptors (Lipinski definition) is 3. The Kier molecular flexibility index (Phi) is 1.54. The molecule has 0 aromatic rings. The van der Waals surface area contributed by atoms with Gasteiger partial charge in [0, 0.05) is 0 Å². The molecule has 1 aliphatic heterocycles. The van der Waals surface area contributed by atoms with Crippen molar-refractivity contribution in [3.63, 3.8) is 0 Å². The molecular weight excluding hydrogens is 192 g/mol. The lowest BCUT2D eigenvalue weighted by molar-refractivity contribution is -0.155. The normalized spacial score (nSPS) is 42.4. The van der Waals surface area contributed by atoms with Gasteiger partial charge in [-0.25, -0.2) is 0 Å². The quantitative estimate of drug-likeness (QED) is 0.343. The van der Waals surface area contributed by atoms with E-state index in [0.29, 0.717) is 25.7 Å². The molecule has 0 N–H and O–H groups in total. The highest BCUT2D eigenvalue weighted by molar-refractivity contribution is 6.02. The maximum Gasteiger partial charge on any atom is 0.321 e. The molecule has 0 radical (unpaired) electrons. The third-order valence-corrected chi connectivity index (χ3v) is 4.08. The van der Waals surface area contributed by atoms with E-state index in [-0.39, 0.29) is 11.9 Å². The van der Waals surface area contributed by atoms with Gasteiger partial charge in [-0.2, -0.15) is 0 Å². The summed E-state index contributed by atoms with van der Waals surface area (Å²) in [5.74, 6) is -0.637. The summed E-state index contributed by atoms with van der Waals surface area (Å²) in [6, 6.07) is 0. The number of allylic oxidation sites excluding steroid dienone is 4. The molecular formula is C12H12O3. The van der Waals surface area contributed by atoms with Gasteiger partial charge in [-0.3, -0.25) is 9.59 Å². The molecule has 1 saturated heterocycles. The van der Waals surface area contributed by atoms with Gasteiger partial charge in [0.1, 0.15) is 0 Å². The second-order valence-electron chi connectivity index (χ2n) is 4.60. The Morgan fingerprint density at radius 1 is 0.800 bits per heavy atom. The number of esters is 2.